The molecule has 0 aromatic rings. The van der Waals surface area contributed by atoms with Crippen LogP contribution in [0, 0.1) is 0 Å². The minimum Gasteiger partial charge on any atom is -0.0991 e. The number of hydrogen-bond acceptors (Lipinski definition) is 0. The average Bonchev–Trinajstić information content (AvgIpc) is 2.16. The van der Waals surface area contributed by atoms with Gasteiger partial charge in [0, 0.05) is 0 Å². The van der Waals surface area contributed by atoms with Gasteiger partial charge in [-0.15, -0.1) is 0 Å². The Morgan fingerprint density at radius 3 is 2.23 bits per heavy atom. The largest absolute Gasteiger partial charge is 0.0991 e. The first-order chi connectivity index (χ1) is 6.28. The third-order valence-electron chi connectivity index (χ3n) is 1.75. The zero-order valence-electron chi connectivity index (χ0n) is 8.59. The summed E-state index contributed by atoms with van der Waals surface area (Å²) in [5.41, 5.74) is 2.50. The molecule has 0 saturated heterocycles. The van der Waals surface area contributed by atoms with E-state index in [0.717, 1.165) is 6.42 Å². The SMILES string of the molecule is C=C/C=C(\C=C)CC(/C=C\C)=C/C. The van der Waals surface area contributed by atoms with E-state index in [-0.39, 0.29) is 0 Å². The predicted molar refractivity (Wildman–Crippen MR) is 61.7 cm³/mol. The van der Waals surface area contributed by atoms with E-state index in [1.165, 1.54) is 11.1 Å². The molecule has 0 fully saturated rings. The molecule has 0 rings (SSSR count). The van der Waals surface area contributed by atoms with Gasteiger partial charge < -0.3 is 0 Å². The lowest BCUT2D eigenvalue weighted by atomic mass is 10.0. The van der Waals surface area contributed by atoms with E-state index in [2.05, 4.69) is 25.3 Å². The van der Waals surface area contributed by atoms with Crippen molar-refractivity contribution >= 4 is 0 Å². The molecule has 0 aromatic heterocycles. The van der Waals surface area contributed by atoms with Crippen molar-refractivity contribution in [3.63, 3.8) is 0 Å². The fourth-order valence-corrected chi connectivity index (χ4v) is 1.06. The Balaban J connectivity index is 4.46. The third-order valence-corrected chi connectivity index (χ3v) is 1.75. The maximum Gasteiger partial charge on any atom is -0.00294 e. The first kappa shape index (κ1) is 11.7. The molecule has 0 heterocycles. The molecule has 0 saturated carbocycles. The molecule has 0 aliphatic rings. The highest BCUT2D eigenvalue weighted by Crippen LogP contribution is 2.13. The fraction of sp³-hybridized carbons (Fsp3) is 0.231. The summed E-state index contributed by atoms with van der Waals surface area (Å²) in [5, 5.41) is 0. The summed E-state index contributed by atoms with van der Waals surface area (Å²) in [5.74, 6) is 0. The second kappa shape index (κ2) is 7.35. The van der Waals surface area contributed by atoms with Crippen molar-refractivity contribution in [3.8, 4) is 0 Å². The van der Waals surface area contributed by atoms with Gasteiger partial charge in [0.25, 0.3) is 0 Å². The third kappa shape index (κ3) is 5.02. The van der Waals surface area contributed by atoms with Gasteiger partial charge in [0.2, 0.25) is 0 Å². The van der Waals surface area contributed by atoms with Gasteiger partial charge in [0.15, 0.2) is 0 Å². The van der Waals surface area contributed by atoms with Crippen molar-refractivity contribution in [1.29, 1.82) is 0 Å². The summed E-state index contributed by atoms with van der Waals surface area (Å²) in [6.45, 7) is 11.5. The number of hydrogen-bond donors (Lipinski definition) is 0. The molecular formula is C13H18. The van der Waals surface area contributed by atoms with Gasteiger partial charge in [-0.25, -0.2) is 0 Å². The molecule has 0 aliphatic heterocycles. The highest BCUT2D eigenvalue weighted by Gasteiger charge is 1.93. The Bertz CT molecular complexity index is 249. The molecule has 0 N–H and O–H groups in total. The molecule has 0 nitrogen and oxygen atoms in total. The van der Waals surface area contributed by atoms with Gasteiger partial charge in [-0.1, -0.05) is 49.6 Å². The number of rotatable bonds is 5. The second-order valence-corrected chi connectivity index (χ2v) is 2.72. The van der Waals surface area contributed by atoms with E-state index in [9.17, 15) is 0 Å². The normalized spacial score (nSPS) is 13.4. The lowest BCUT2D eigenvalue weighted by Crippen LogP contribution is -1.81. The second-order valence-electron chi connectivity index (χ2n) is 2.72. The Morgan fingerprint density at radius 1 is 1.15 bits per heavy atom. The van der Waals surface area contributed by atoms with Crippen molar-refractivity contribution < 1.29 is 0 Å². The van der Waals surface area contributed by atoms with Crippen LogP contribution in [0.4, 0.5) is 0 Å². The minimum atomic E-state index is 0.927. The van der Waals surface area contributed by atoms with E-state index in [1.807, 2.05) is 32.1 Å². The monoisotopic (exact) mass is 174 g/mol. The summed E-state index contributed by atoms with van der Waals surface area (Å²) in [6, 6.07) is 0. The molecule has 0 bridgehead atoms. The molecule has 13 heavy (non-hydrogen) atoms. The minimum absolute atomic E-state index is 0.927. The van der Waals surface area contributed by atoms with E-state index in [4.69, 9.17) is 0 Å². The van der Waals surface area contributed by atoms with Gasteiger partial charge in [-0.3, -0.25) is 0 Å². The van der Waals surface area contributed by atoms with Crippen LogP contribution >= 0.6 is 0 Å². The van der Waals surface area contributed by atoms with Gasteiger partial charge >= 0.3 is 0 Å². The Labute approximate surface area is 81.7 Å². The quantitative estimate of drug-likeness (QED) is 0.548. The molecule has 0 spiro atoms. The van der Waals surface area contributed by atoms with Crippen LogP contribution < -0.4 is 0 Å². The van der Waals surface area contributed by atoms with Crippen LogP contribution in [0.5, 0.6) is 0 Å². The van der Waals surface area contributed by atoms with E-state index >= 15 is 0 Å². The maximum atomic E-state index is 3.76. The standard InChI is InChI=1S/C13H18/c1-5-9-12(7-3)11-13(8-4)10-6-2/h5-10H,1,3,11H2,2,4H3/b10-6-,12-9+,13-8+. The summed E-state index contributed by atoms with van der Waals surface area (Å²) in [7, 11) is 0. The van der Waals surface area contributed by atoms with Crippen LogP contribution in [0.3, 0.4) is 0 Å². The summed E-state index contributed by atoms with van der Waals surface area (Å²) >= 11 is 0. The molecule has 0 atom stereocenters. The van der Waals surface area contributed by atoms with Crippen molar-refractivity contribution in [2.75, 3.05) is 0 Å². The lowest BCUT2D eigenvalue weighted by molar-refractivity contribution is 1.20. The molecule has 0 aromatic carbocycles. The summed E-state index contributed by atoms with van der Waals surface area (Å²) < 4.78 is 0. The van der Waals surface area contributed by atoms with Crippen LogP contribution in [0.15, 0.2) is 60.8 Å². The van der Waals surface area contributed by atoms with Crippen molar-refractivity contribution in [2.45, 2.75) is 20.3 Å². The molecule has 70 valence electrons. The summed E-state index contributed by atoms with van der Waals surface area (Å²) in [6.07, 6.45) is 12.8. The average molecular weight is 174 g/mol. The summed E-state index contributed by atoms with van der Waals surface area (Å²) in [4.78, 5) is 0. The highest BCUT2D eigenvalue weighted by atomic mass is 14.0. The molecule has 0 amide bonds. The van der Waals surface area contributed by atoms with Crippen molar-refractivity contribution in [2.24, 2.45) is 0 Å². The first-order valence-corrected chi connectivity index (χ1v) is 4.50. The fourth-order valence-electron chi connectivity index (χ4n) is 1.06. The molecule has 0 unspecified atom stereocenters. The Kier molecular flexibility index (Phi) is 6.62. The van der Waals surface area contributed by atoms with Gasteiger partial charge in [0.05, 0.1) is 0 Å². The Morgan fingerprint density at radius 2 is 1.85 bits per heavy atom. The molecule has 0 radical (unpaired) electrons. The predicted octanol–water partition coefficient (Wildman–Crippen LogP) is 4.20. The topological polar surface area (TPSA) is 0 Å². The Hall–Kier alpha value is -1.30. The molecule has 0 aliphatic carbocycles. The van der Waals surface area contributed by atoms with Gasteiger partial charge in [-0.05, 0) is 31.4 Å². The molecular weight excluding hydrogens is 156 g/mol. The van der Waals surface area contributed by atoms with Crippen molar-refractivity contribution in [3.05, 3.63) is 60.8 Å². The van der Waals surface area contributed by atoms with Crippen LogP contribution in [0.25, 0.3) is 0 Å². The van der Waals surface area contributed by atoms with Crippen LogP contribution in [-0.2, 0) is 0 Å². The van der Waals surface area contributed by atoms with E-state index < -0.39 is 0 Å². The zero-order valence-corrected chi connectivity index (χ0v) is 8.59. The van der Waals surface area contributed by atoms with E-state index in [0.29, 0.717) is 0 Å². The van der Waals surface area contributed by atoms with Crippen LogP contribution in [-0.4, -0.2) is 0 Å². The molecule has 0 heteroatoms. The maximum absolute atomic E-state index is 3.76. The number of allylic oxidation sites excluding steroid dienone is 8. The smallest absolute Gasteiger partial charge is 0.00294 e. The zero-order chi connectivity index (χ0) is 10.1. The van der Waals surface area contributed by atoms with Gasteiger partial charge in [-0.2, -0.15) is 0 Å². The van der Waals surface area contributed by atoms with Crippen LogP contribution in [0.1, 0.15) is 20.3 Å². The highest BCUT2D eigenvalue weighted by molar-refractivity contribution is 5.31. The van der Waals surface area contributed by atoms with Gasteiger partial charge in [0.1, 0.15) is 0 Å². The van der Waals surface area contributed by atoms with E-state index in [1.54, 1.807) is 6.08 Å². The lowest BCUT2D eigenvalue weighted by Gasteiger charge is -2.01. The first-order valence-electron chi connectivity index (χ1n) is 4.50. The van der Waals surface area contributed by atoms with Crippen LogP contribution in [0.2, 0.25) is 0 Å². The van der Waals surface area contributed by atoms with Crippen molar-refractivity contribution in [1.82, 2.24) is 0 Å².